The topological polar surface area (TPSA) is 76.7 Å². The number of urea groups is 1. The van der Waals surface area contributed by atoms with Gasteiger partial charge in [-0.15, -0.1) is 0 Å². The molecule has 0 unspecified atom stereocenters. The summed E-state index contributed by atoms with van der Waals surface area (Å²) in [6, 6.07) is 29.8. The van der Waals surface area contributed by atoms with Gasteiger partial charge in [0.1, 0.15) is 17.4 Å². The van der Waals surface area contributed by atoms with Gasteiger partial charge in [-0.1, -0.05) is 66.7 Å². The van der Waals surface area contributed by atoms with E-state index in [0.717, 1.165) is 22.3 Å². The van der Waals surface area contributed by atoms with Crippen molar-refractivity contribution in [2.75, 3.05) is 17.7 Å². The highest BCUT2D eigenvalue weighted by Gasteiger charge is 2.21. The Morgan fingerprint density at radius 2 is 1.25 bits per heavy atom. The number of methoxy groups -OCH3 is 1. The van der Waals surface area contributed by atoms with Crippen LogP contribution < -0.4 is 15.4 Å². The van der Waals surface area contributed by atoms with E-state index in [-0.39, 0.29) is 5.56 Å². The largest absolute Gasteiger partial charge is 0.480 e. The van der Waals surface area contributed by atoms with Gasteiger partial charge in [0.25, 0.3) is 0 Å². The van der Waals surface area contributed by atoms with Gasteiger partial charge in [-0.2, -0.15) is 0 Å². The van der Waals surface area contributed by atoms with Crippen LogP contribution in [-0.2, 0) is 4.74 Å². The molecule has 182 valence electrons. The Labute approximate surface area is 210 Å². The minimum absolute atomic E-state index is 0.207. The molecule has 4 aromatic rings. The standard InChI is InChI=1S/C30H28N2O4/c1-20-16-21(2)18-25(17-20)32-30(34)31-24-14-15-27(26(19-24)29(33)35-3)36-28(22-10-6-4-7-11-22)23-12-8-5-9-13-23/h4-19,28H,1-3H3,(H2,31,32,34). The van der Waals surface area contributed by atoms with Crippen molar-refractivity contribution in [2.24, 2.45) is 0 Å². The van der Waals surface area contributed by atoms with Crippen molar-refractivity contribution < 1.29 is 19.1 Å². The number of benzene rings is 4. The predicted octanol–water partition coefficient (Wildman–Crippen LogP) is 6.90. The fraction of sp³-hybridized carbons (Fsp3) is 0.133. The van der Waals surface area contributed by atoms with Crippen molar-refractivity contribution in [2.45, 2.75) is 20.0 Å². The Hall–Kier alpha value is -4.58. The van der Waals surface area contributed by atoms with E-state index >= 15 is 0 Å². The summed E-state index contributed by atoms with van der Waals surface area (Å²) >= 11 is 0. The van der Waals surface area contributed by atoms with Crippen LogP contribution in [0.5, 0.6) is 5.75 Å². The lowest BCUT2D eigenvalue weighted by atomic mass is 10.0. The first kappa shape index (κ1) is 24.5. The average Bonchev–Trinajstić information content (AvgIpc) is 2.87. The van der Waals surface area contributed by atoms with Gasteiger partial charge in [-0.05, 0) is 66.4 Å². The van der Waals surface area contributed by atoms with Crippen LogP contribution in [-0.4, -0.2) is 19.1 Å². The molecule has 0 spiro atoms. The summed E-state index contributed by atoms with van der Waals surface area (Å²) in [5, 5.41) is 5.61. The van der Waals surface area contributed by atoms with Gasteiger partial charge in [-0.3, -0.25) is 0 Å². The molecule has 4 rings (SSSR count). The monoisotopic (exact) mass is 480 g/mol. The number of hydrogen-bond acceptors (Lipinski definition) is 4. The van der Waals surface area contributed by atoms with E-state index in [9.17, 15) is 9.59 Å². The quantitative estimate of drug-likeness (QED) is 0.282. The lowest BCUT2D eigenvalue weighted by molar-refractivity contribution is 0.0594. The van der Waals surface area contributed by atoms with Crippen LogP contribution in [0.25, 0.3) is 0 Å². The summed E-state index contributed by atoms with van der Waals surface area (Å²) in [5.74, 6) is -0.219. The van der Waals surface area contributed by atoms with Crippen LogP contribution in [0.15, 0.2) is 97.1 Å². The summed E-state index contributed by atoms with van der Waals surface area (Å²) < 4.78 is 11.4. The van der Waals surface area contributed by atoms with Crippen molar-refractivity contribution in [1.29, 1.82) is 0 Å². The number of hydrogen-bond donors (Lipinski definition) is 2. The second-order valence-electron chi connectivity index (χ2n) is 8.48. The first-order valence-electron chi connectivity index (χ1n) is 11.6. The van der Waals surface area contributed by atoms with Gasteiger partial charge >= 0.3 is 12.0 Å². The number of ether oxygens (including phenoxy) is 2. The Morgan fingerprint density at radius 1 is 0.694 bits per heavy atom. The van der Waals surface area contributed by atoms with Crippen LogP contribution in [0.1, 0.15) is 38.7 Å². The Morgan fingerprint density at radius 3 is 1.81 bits per heavy atom. The molecule has 6 nitrogen and oxygen atoms in total. The van der Waals surface area contributed by atoms with E-state index < -0.39 is 18.1 Å². The third-order valence-corrected chi connectivity index (χ3v) is 5.57. The van der Waals surface area contributed by atoms with Crippen molar-refractivity contribution in [3.05, 3.63) is 125 Å². The molecular weight excluding hydrogens is 452 g/mol. The second-order valence-corrected chi connectivity index (χ2v) is 8.48. The fourth-order valence-corrected chi connectivity index (χ4v) is 4.03. The zero-order valence-corrected chi connectivity index (χ0v) is 20.4. The summed E-state index contributed by atoms with van der Waals surface area (Å²) in [6.07, 6.45) is -0.442. The van der Waals surface area contributed by atoms with Crippen molar-refractivity contribution in [3.8, 4) is 5.75 Å². The Kier molecular flexibility index (Phi) is 7.66. The van der Waals surface area contributed by atoms with Gasteiger partial charge in [0.15, 0.2) is 0 Å². The zero-order valence-electron chi connectivity index (χ0n) is 20.4. The lowest BCUT2D eigenvalue weighted by Crippen LogP contribution is -2.20. The van der Waals surface area contributed by atoms with Crippen LogP contribution in [0, 0.1) is 13.8 Å². The molecule has 0 aromatic heterocycles. The lowest BCUT2D eigenvalue weighted by Gasteiger charge is -2.22. The molecule has 0 radical (unpaired) electrons. The molecule has 0 saturated heterocycles. The molecule has 0 saturated carbocycles. The maximum absolute atomic E-state index is 12.7. The van der Waals surface area contributed by atoms with Gasteiger partial charge in [0.05, 0.1) is 7.11 Å². The number of carbonyl (C=O) groups is 2. The number of anilines is 2. The highest BCUT2D eigenvalue weighted by molar-refractivity contribution is 6.01. The first-order valence-corrected chi connectivity index (χ1v) is 11.6. The summed E-state index contributed by atoms with van der Waals surface area (Å²) in [4.78, 5) is 25.3. The molecule has 0 bridgehead atoms. The van der Waals surface area contributed by atoms with E-state index in [1.165, 1.54) is 7.11 Å². The maximum atomic E-state index is 12.7. The molecule has 0 heterocycles. The van der Waals surface area contributed by atoms with Gasteiger partial charge in [0, 0.05) is 11.4 Å². The minimum Gasteiger partial charge on any atom is -0.480 e. The first-order chi connectivity index (χ1) is 17.4. The minimum atomic E-state index is -0.566. The molecule has 0 aliphatic heterocycles. The number of carbonyl (C=O) groups excluding carboxylic acids is 2. The van der Waals surface area contributed by atoms with Crippen molar-refractivity contribution in [1.82, 2.24) is 0 Å². The number of aryl methyl sites for hydroxylation is 2. The van der Waals surface area contributed by atoms with Gasteiger partial charge < -0.3 is 20.1 Å². The molecule has 4 aromatic carbocycles. The molecule has 0 atom stereocenters. The maximum Gasteiger partial charge on any atom is 0.341 e. The van der Waals surface area contributed by atoms with Gasteiger partial charge in [-0.25, -0.2) is 9.59 Å². The normalized spacial score (nSPS) is 10.6. The third kappa shape index (κ3) is 6.10. The summed E-state index contributed by atoms with van der Waals surface area (Å²) in [6.45, 7) is 3.94. The molecule has 6 heteroatoms. The highest BCUT2D eigenvalue weighted by Crippen LogP contribution is 2.32. The van der Waals surface area contributed by atoms with Crippen LogP contribution in [0.3, 0.4) is 0 Å². The molecule has 2 N–H and O–H groups in total. The number of amides is 2. The van der Waals surface area contributed by atoms with Crippen LogP contribution in [0.4, 0.5) is 16.2 Å². The smallest absolute Gasteiger partial charge is 0.341 e. The van der Waals surface area contributed by atoms with E-state index in [4.69, 9.17) is 9.47 Å². The number of nitrogens with one attached hydrogen (secondary N) is 2. The Balaban J connectivity index is 1.60. The Bertz CT molecular complexity index is 1290. The molecular formula is C30H28N2O4. The zero-order chi connectivity index (χ0) is 25.5. The number of esters is 1. The summed E-state index contributed by atoms with van der Waals surface area (Å²) in [7, 11) is 1.31. The highest BCUT2D eigenvalue weighted by atomic mass is 16.5. The summed E-state index contributed by atoms with van der Waals surface area (Å²) in [5.41, 5.74) is 5.30. The molecule has 0 aliphatic rings. The molecule has 0 fully saturated rings. The second kappa shape index (κ2) is 11.2. The van der Waals surface area contributed by atoms with E-state index in [2.05, 4.69) is 10.6 Å². The van der Waals surface area contributed by atoms with E-state index in [0.29, 0.717) is 17.1 Å². The van der Waals surface area contributed by atoms with E-state index in [1.807, 2.05) is 92.7 Å². The number of rotatable bonds is 7. The van der Waals surface area contributed by atoms with Gasteiger partial charge in [0.2, 0.25) is 0 Å². The van der Waals surface area contributed by atoms with E-state index in [1.54, 1.807) is 18.2 Å². The predicted molar refractivity (Wildman–Crippen MR) is 142 cm³/mol. The molecule has 0 aliphatic carbocycles. The SMILES string of the molecule is COC(=O)c1cc(NC(=O)Nc2cc(C)cc(C)c2)ccc1OC(c1ccccc1)c1ccccc1. The fourth-order valence-electron chi connectivity index (χ4n) is 4.03. The van der Waals surface area contributed by atoms with Crippen LogP contribution >= 0.6 is 0 Å². The molecule has 36 heavy (non-hydrogen) atoms. The average molecular weight is 481 g/mol. The van der Waals surface area contributed by atoms with Crippen molar-refractivity contribution >= 4 is 23.4 Å². The molecule has 2 amide bonds. The van der Waals surface area contributed by atoms with Crippen molar-refractivity contribution in [3.63, 3.8) is 0 Å². The van der Waals surface area contributed by atoms with Crippen LogP contribution in [0.2, 0.25) is 0 Å². The third-order valence-electron chi connectivity index (χ3n) is 5.57.